The molecule has 0 unspecified atom stereocenters. The van der Waals surface area contributed by atoms with Crippen LogP contribution < -0.4 is 9.04 Å². The number of sulfonamides is 1. The number of aryl methyl sites for hydroxylation is 1. The molecule has 33 heavy (non-hydrogen) atoms. The molecule has 0 aliphatic heterocycles. The number of hydrogen-bond acceptors (Lipinski definition) is 3. The smallest absolute Gasteiger partial charge is 0.416 e. The second-order valence-corrected chi connectivity index (χ2v) is 10.4. The van der Waals surface area contributed by atoms with Crippen molar-refractivity contribution >= 4 is 15.7 Å². The number of halogens is 3. The summed E-state index contributed by atoms with van der Waals surface area (Å²) in [5, 5.41) is 0. The van der Waals surface area contributed by atoms with E-state index in [9.17, 15) is 21.6 Å². The van der Waals surface area contributed by atoms with Gasteiger partial charge in [0.1, 0.15) is 12.4 Å². The number of alkyl halides is 3. The lowest BCUT2D eigenvalue weighted by Gasteiger charge is -2.37. The van der Waals surface area contributed by atoms with Crippen molar-refractivity contribution in [3.63, 3.8) is 0 Å². The minimum Gasteiger partial charge on any atom is -0.487 e. The molecule has 8 heteroatoms. The molecular weight excluding hydrogens is 451 g/mol. The molecule has 3 aromatic rings. The van der Waals surface area contributed by atoms with Gasteiger partial charge in [0.15, 0.2) is 0 Å². The topological polar surface area (TPSA) is 46.6 Å². The van der Waals surface area contributed by atoms with E-state index in [1.165, 1.54) is 6.07 Å². The van der Waals surface area contributed by atoms with Gasteiger partial charge in [-0.2, -0.15) is 13.2 Å². The predicted molar refractivity (Wildman–Crippen MR) is 123 cm³/mol. The highest BCUT2D eigenvalue weighted by atomic mass is 32.2. The fourth-order valence-electron chi connectivity index (χ4n) is 3.50. The van der Waals surface area contributed by atoms with Gasteiger partial charge in [0.05, 0.1) is 16.1 Å². The summed E-state index contributed by atoms with van der Waals surface area (Å²) in [5.74, 6) is -0.166. The molecule has 4 nitrogen and oxygen atoms in total. The average molecular weight is 478 g/mol. The lowest BCUT2D eigenvalue weighted by molar-refractivity contribution is -0.137. The zero-order valence-corrected chi connectivity index (χ0v) is 19.7. The van der Waals surface area contributed by atoms with Crippen molar-refractivity contribution in [2.75, 3.05) is 4.31 Å². The summed E-state index contributed by atoms with van der Waals surface area (Å²) in [6.45, 7) is 6.70. The molecule has 0 spiro atoms. The minimum atomic E-state index is -4.61. The molecule has 0 heterocycles. The third kappa shape index (κ3) is 5.50. The van der Waals surface area contributed by atoms with Gasteiger partial charge in [-0.05, 0) is 63.1 Å². The molecule has 0 saturated heterocycles. The normalized spacial score (nSPS) is 12.5. The van der Waals surface area contributed by atoms with E-state index in [1.807, 2.05) is 6.07 Å². The van der Waals surface area contributed by atoms with Gasteiger partial charge in [-0.3, -0.25) is 4.31 Å². The van der Waals surface area contributed by atoms with Crippen LogP contribution in [0.3, 0.4) is 0 Å². The van der Waals surface area contributed by atoms with Crippen LogP contribution in [-0.4, -0.2) is 14.0 Å². The van der Waals surface area contributed by atoms with Crippen LogP contribution in [0.25, 0.3) is 0 Å². The number of hydrogen-bond donors (Lipinski definition) is 0. The van der Waals surface area contributed by atoms with Crippen molar-refractivity contribution in [1.82, 2.24) is 0 Å². The van der Waals surface area contributed by atoms with Gasteiger partial charge >= 0.3 is 6.18 Å². The van der Waals surface area contributed by atoms with E-state index in [0.29, 0.717) is 5.56 Å². The first-order valence-electron chi connectivity index (χ1n) is 10.3. The lowest BCUT2D eigenvalue weighted by atomic mass is 10.1. The van der Waals surface area contributed by atoms with E-state index in [-0.39, 0.29) is 22.9 Å². The van der Waals surface area contributed by atoms with Crippen molar-refractivity contribution in [3.8, 4) is 5.75 Å². The van der Waals surface area contributed by atoms with Crippen LogP contribution in [0.15, 0.2) is 77.7 Å². The van der Waals surface area contributed by atoms with Gasteiger partial charge in [-0.25, -0.2) is 8.42 Å². The van der Waals surface area contributed by atoms with Gasteiger partial charge in [0, 0.05) is 5.54 Å². The van der Waals surface area contributed by atoms with E-state index in [0.717, 1.165) is 28.1 Å². The van der Waals surface area contributed by atoms with Crippen LogP contribution in [0.4, 0.5) is 18.9 Å². The van der Waals surface area contributed by atoms with Crippen molar-refractivity contribution in [2.24, 2.45) is 0 Å². The molecule has 0 aliphatic rings. The number of ether oxygens (including phenoxy) is 1. The van der Waals surface area contributed by atoms with Crippen molar-refractivity contribution in [2.45, 2.75) is 50.9 Å². The van der Waals surface area contributed by atoms with Gasteiger partial charge < -0.3 is 4.74 Å². The van der Waals surface area contributed by atoms with E-state index >= 15 is 0 Å². The summed E-state index contributed by atoms with van der Waals surface area (Å²) < 4.78 is 74.8. The van der Waals surface area contributed by atoms with Crippen LogP contribution in [0, 0.1) is 6.92 Å². The zero-order valence-electron chi connectivity index (χ0n) is 18.8. The van der Waals surface area contributed by atoms with Crippen molar-refractivity contribution in [1.29, 1.82) is 0 Å². The number of anilines is 1. The predicted octanol–water partition coefficient (Wildman–Crippen LogP) is 6.59. The molecule has 0 saturated carbocycles. The Morgan fingerprint density at radius 2 is 1.48 bits per heavy atom. The van der Waals surface area contributed by atoms with E-state index < -0.39 is 27.3 Å². The van der Waals surface area contributed by atoms with Gasteiger partial charge in [-0.15, -0.1) is 0 Å². The maximum atomic E-state index is 13.8. The van der Waals surface area contributed by atoms with E-state index in [4.69, 9.17) is 4.74 Å². The molecule has 0 atom stereocenters. The molecule has 3 aromatic carbocycles. The maximum Gasteiger partial charge on any atom is 0.416 e. The minimum absolute atomic E-state index is 0.0163. The molecule has 176 valence electrons. The molecule has 0 amide bonds. The highest BCUT2D eigenvalue weighted by Crippen LogP contribution is 2.42. The largest absolute Gasteiger partial charge is 0.487 e. The van der Waals surface area contributed by atoms with Crippen LogP contribution >= 0.6 is 0 Å². The Balaban J connectivity index is 2.18. The highest BCUT2D eigenvalue weighted by molar-refractivity contribution is 7.93. The van der Waals surface area contributed by atoms with Gasteiger partial charge in [0.2, 0.25) is 0 Å². The SMILES string of the molecule is Cc1ccccc1S(=O)(=O)N(c1ccc(C(F)(F)F)cc1OCc1ccccc1)C(C)(C)C. The second kappa shape index (κ2) is 9.09. The molecule has 0 aliphatic carbocycles. The van der Waals surface area contributed by atoms with Crippen LogP contribution in [-0.2, 0) is 22.8 Å². The van der Waals surface area contributed by atoms with Crippen LogP contribution in [0.5, 0.6) is 5.75 Å². The molecule has 3 rings (SSSR count). The van der Waals surface area contributed by atoms with Gasteiger partial charge in [-0.1, -0.05) is 48.5 Å². The zero-order chi connectivity index (χ0) is 24.4. The van der Waals surface area contributed by atoms with E-state index in [2.05, 4.69) is 0 Å². The molecule has 0 aromatic heterocycles. The van der Waals surface area contributed by atoms with Crippen molar-refractivity contribution < 1.29 is 26.3 Å². The number of nitrogens with zero attached hydrogens (tertiary/aromatic N) is 1. The first kappa shape index (κ1) is 24.6. The average Bonchev–Trinajstić information content (AvgIpc) is 2.72. The Labute approximate surface area is 192 Å². The van der Waals surface area contributed by atoms with Gasteiger partial charge in [0.25, 0.3) is 10.0 Å². The Morgan fingerprint density at radius 3 is 2.06 bits per heavy atom. The fraction of sp³-hybridized carbons (Fsp3) is 0.280. The quantitative estimate of drug-likeness (QED) is 0.403. The monoisotopic (exact) mass is 477 g/mol. The second-order valence-electron chi connectivity index (χ2n) is 8.66. The molecule has 0 fully saturated rings. The summed E-state index contributed by atoms with van der Waals surface area (Å²) in [7, 11) is -4.12. The molecule has 0 radical (unpaired) electrons. The molecule has 0 N–H and O–H groups in total. The summed E-state index contributed by atoms with van der Waals surface area (Å²) in [6.07, 6.45) is -4.61. The number of benzene rings is 3. The maximum absolute atomic E-state index is 13.8. The van der Waals surface area contributed by atoms with Crippen LogP contribution in [0.2, 0.25) is 0 Å². The summed E-state index contributed by atoms with van der Waals surface area (Å²) in [6, 6.07) is 18.3. The lowest BCUT2D eigenvalue weighted by Crippen LogP contribution is -2.46. The molecule has 0 bridgehead atoms. The van der Waals surface area contributed by atoms with Crippen molar-refractivity contribution in [3.05, 3.63) is 89.5 Å². The Morgan fingerprint density at radius 1 is 0.879 bits per heavy atom. The van der Waals surface area contributed by atoms with Crippen LogP contribution in [0.1, 0.15) is 37.5 Å². The first-order valence-corrected chi connectivity index (χ1v) is 11.7. The number of rotatable bonds is 6. The Kier molecular flexibility index (Phi) is 6.79. The highest BCUT2D eigenvalue weighted by Gasteiger charge is 2.38. The van der Waals surface area contributed by atoms with E-state index in [1.54, 1.807) is 70.2 Å². The fourth-order valence-corrected chi connectivity index (χ4v) is 5.56. The summed E-state index contributed by atoms with van der Waals surface area (Å²) in [5.41, 5.74) is -0.604. The first-order chi connectivity index (χ1) is 15.3. The standard InChI is InChI=1S/C25H26F3NO3S/c1-18-10-8-9-13-23(18)33(30,31)29(24(2,3)4)21-15-14-20(25(26,27)28)16-22(21)32-17-19-11-6-5-7-12-19/h5-16H,17H2,1-4H3. The Bertz CT molecular complexity index is 1220. The summed E-state index contributed by atoms with van der Waals surface area (Å²) in [4.78, 5) is 0.0776. The molecular formula is C25H26F3NO3S. The Hall–Kier alpha value is -3.00. The third-order valence-electron chi connectivity index (χ3n) is 4.96. The summed E-state index contributed by atoms with van der Waals surface area (Å²) >= 11 is 0. The third-order valence-corrected chi connectivity index (χ3v) is 7.20.